The van der Waals surface area contributed by atoms with E-state index in [4.69, 9.17) is 11.6 Å². The number of sulfonamides is 1. The molecule has 0 amide bonds. The summed E-state index contributed by atoms with van der Waals surface area (Å²) in [6.45, 7) is 0.263. The summed E-state index contributed by atoms with van der Waals surface area (Å²) in [5.74, 6) is 0. The average Bonchev–Trinajstić information content (AvgIpc) is 3.03. The van der Waals surface area contributed by atoms with Crippen LogP contribution in [0.5, 0.6) is 0 Å². The first-order chi connectivity index (χ1) is 15.0. The highest BCUT2D eigenvalue weighted by Gasteiger charge is 2.34. The number of nitrogens with zero attached hydrogens (tertiary/aromatic N) is 1. The maximum absolute atomic E-state index is 13.2. The molecular weight excluding hydrogens is 485 g/mol. The monoisotopic (exact) mass is 498 g/mol. The molecule has 1 N–H and O–H groups in total. The number of hydrogen-bond acceptors (Lipinski definition) is 4. The van der Waals surface area contributed by atoms with Crippen molar-refractivity contribution in [3.8, 4) is 0 Å². The minimum Gasteiger partial charge on any atom is -0.294 e. The van der Waals surface area contributed by atoms with Crippen molar-refractivity contribution in [2.45, 2.75) is 17.6 Å². The van der Waals surface area contributed by atoms with Gasteiger partial charge >= 0.3 is 11.0 Å². The highest BCUT2D eigenvalue weighted by molar-refractivity contribution is 7.92. The predicted octanol–water partition coefficient (Wildman–Crippen LogP) is 5.58. The van der Waals surface area contributed by atoms with E-state index in [1.54, 1.807) is 24.3 Å². The number of aromatic nitrogens is 1. The molecule has 4 rings (SSSR count). The van der Waals surface area contributed by atoms with E-state index in [0.717, 1.165) is 29.0 Å². The van der Waals surface area contributed by atoms with Gasteiger partial charge in [-0.25, -0.2) is 8.42 Å². The van der Waals surface area contributed by atoms with Gasteiger partial charge in [0, 0.05) is 5.02 Å². The van der Waals surface area contributed by atoms with Crippen molar-refractivity contribution in [2.24, 2.45) is 0 Å². The van der Waals surface area contributed by atoms with Gasteiger partial charge in [-0.05, 0) is 48.0 Å². The van der Waals surface area contributed by atoms with Gasteiger partial charge < -0.3 is 0 Å². The first-order valence-corrected chi connectivity index (χ1v) is 11.8. The van der Waals surface area contributed by atoms with Gasteiger partial charge in [-0.1, -0.05) is 47.2 Å². The molecule has 5 nitrogen and oxygen atoms in total. The maximum atomic E-state index is 13.2. The van der Waals surface area contributed by atoms with Gasteiger partial charge in [0.05, 0.1) is 32.9 Å². The fourth-order valence-electron chi connectivity index (χ4n) is 3.16. The Balaban J connectivity index is 1.69. The Morgan fingerprint density at radius 3 is 2.38 bits per heavy atom. The van der Waals surface area contributed by atoms with Crippen LogP contribution in [0.25, 0.3) is 10.2 Å². The molecule has 0 fully saturated rings. The Morgan fingerprint density at radius 2 is 1.69 bits per heavy atom. The van der Waals surface area contributed by atoms with Crippen molar-refractivity contribution in [1.82, 2.24) is 4.57 Å². The first-order valence-electron chi connectivity index (χ1n) is 9.11. The Labute approximate surface area is 189 Å². The van der Waals surface area contributed by atoms with Crippen LogP contribution in [-0.2, 0) is 22.7 Å². The molecule has 0 aliphatic heterocycles. The summed E-state index contributed by atoms with van der Waals surface area (Å²) >= 11 is 6.74. The number of fused-ring (bicyclic) bond motifs is 1. The summed E-state index contributed by atoms with van der Waals surface area (Å²) in [6.07, 6.45) is -4.72. The van der Waals surface area contributed by atoms with Crippen LogP contribution in [0.4, 0.5) is 18.9 Å². The highest BCUT2D eigenvalue weighted by atomic mass is 35.5. The SMILES string of the molecule is O=c1sc2cc(S(=O)(=O)Nc3ccccc3C(F)(F)F)ccc2n1Cc1ccc(Cl)cc1. The molecule has 3 aromatic carbocycles. The molecule has 0 saturated heterocycles. The Hall–Kier alpha value is -2.82. The van der Waals surface area contributed by atoms with Crippen molar-refractivity contribution in [3.05, 3.63) is 92.5 Å². The number of rotatable bonds is 5. The van der Waals surface area contributed by atoms with Crippen LogP contribution < -0.4 is 9.60 Å². The third kappa shape index (κ3) is 4.52. The minimum atomic E-state index is -4.72. The second-order valence-corrected chi connectivity index (χ2v) is 9.97. The fraction of sp³-hybridized carbons (Fsp3) is 0.0952. The Bertz CT molecular complexity index is 1460. The second-order valence-electron chi connectivity index (χ2n) is 6.86. The van der Waals surface area contributed by atoms with Crippen LogP contribution >= 0.6 is 22.9 Å². The van der Waals surface area contributed by atoms with Gasteiger partial charge in [0.25, 0.3) is 10.0 Å². The standard InChI is InChI=1S/C21H14ClF3N2O3S2/c22-14-7-5-13(6-8-14)12-27-18-10-9-15(11-19(18)31-20(27)28)32(29,30)26-17-4-2-1-3-16(17)21(23,24)25/h1-11,26H,12H2. The molecule has 0 atom stereocenters. The van der Waals surface area contributed by atoms with Crippen molar-refractivity contribution < 1.29 is 21.6 Å². The number of thiazole rings is 1. The van der Waals surface area contributed by atoms with Crippen LogP contribution in [0.3, 0.4) is 0 Å². The zero-order valence-electron chi connectivity index (χ0n) is 16.1. The van der Waals surface area contributed by atoms with Gasteiger partial charge in [-0.3, -0.25) is 14.1 Å². The normalized spacial score (nSPS) is 12.2. The zero-order chi connectivity index (χ0) is 23.1. The van der Waals surface area contributed by atoms with E-state index in [-0.39, 0.29) is 16.3 Å². The lowest BCUT2D eigenvalue weighted by molar-refractivity contribution is -0.136. The van der Waals surface area contributed by atoms with E-state index in [1.807, 2.05) is 4.72 Å². The number of anilines is 1. The molecule has 0 aliphatic rings. The summed E-state index contributed by atoms with van der Waals surface area (Å²) in [7, 11) is -4.32. The third-order valence-electron chi connectivity index (χ3n) is 4.68. The molecule has 166 valence electrons. The molecule has 0 bridgehead atoms. The quantitative estimate of drug-likeness (QED) is 0.390. The molecule has 0 unspecified atom stereocenters. The molecule has 0 aliphatic carbocycles. The third-order valence-corrected chi connectivity index (χ3v) is 7.24. The zero-order valence-corrected chi connectivity index (χ0v) is 18.4. The summed E-state index contributed by atoms with van der Waals surface area (Å²) in [4.78, 5) is 11.9. The highest BCUT2D eigenvalue weighted by Crippen LogP contribution is 2.35. The predicted molar refractivity (Wildman–Crippen MR) is 119 cm³/mol. The van der Waals surface area contributed by atoms with E-state index in [9.17, 15) is 26.4 Å². The molecule has 0 spiro atoms. The molecule has 4 aromatic rings. The lowest BCUT2D eigenvalue weighted by atomic mass is 10.2. The summed E-state index contributed by atoms with van der Waals surface area (Å²) < 4.78 is 69.0. The molecule has 11 heteroatoms. The van der Waals surface area contributed by atoms with E-state index in [1.165, 1.54) is 34.9 Å². The number of alkyl halides is 3. The summed E-state index contributed by atoms with van der Waals surface area (Å²) in [5, 5.41) is 0.561. The van der Waals surface area contributed by atoms with E-state index < -0.39 is 27.5 Å². The lowest BCUT2D eigenvalue weighted by Crippen LogP contribution is -2.17. The molecule has 0 radical (unpaired) electrons. The van der Waals surface area contributed by atoms with E-state index in [2.05, 4.69) is 0 Å². The number of benzene rings is 3. The minimum absolute atomic E-state index is 0.248. The van der Waals surface area contributed by atoms with Crippen LogP contribution in [0.1, 0.15) is 11.1 Å². The molecular formula is C21H14ClF3N2O3S2. The second kappa shape index (κ2) is 8.27. The van der Waals surface area contributed by atoms with Gasteiger partial charge in [-0.2, -0.15) is 13.2 Å². The van der Waals surface area contributed by atoms with Crippen molar-refractivity contribution in [3.63, 3.8) is 0 Å². The average molecular weight is 499 g/mol. The lowest BCUT2D eigenvalue weighted by Gasteiger charge is -2.14. The van der Waals surface area contributed by atoms with Gasteiger partial charge in [0.15, 0.2) is 0 Å². The van der Waals surface area contributed by atoms with Gasteiger partial charge in [0.1, 0.15) is 0 Å². The first kappa shape index (κ1) is 22.4. The summed E-state index contributed by atoms with van der Waals surface area (Å²) in [6, 6.07) is 15.3. The number of para-hydroxylation sites is 1. The van der Waals surface area contributed by atoms with Crippen molar-refractivity contribution in [2.75, 3.05) is 4.72 Å². The largest absolute Gasteiger partial charge is 0.418 e. The molecule has 0 saturated carbocycles. The van der Waals surface area contributed by atoms with Crippen molar-refractivity contribution >= 4 is 48.9 Å². The number of nitrogens with one attached hydrogen (secondary N) is 1. The summed E-state index contributed by atoms with van der Waals surface area (Å²) in [5.41, 5.74) is -0.320. The Morgan fingerprint density at radius 1 is 1.00 bits per heavy atom. The Kier molecular flexibility index (Phi) is 5.78. The van der Waals surface area contributed by atoms with Crippen LogP contribution in [0.15, 0.2) is 76.4 Å². The topological polar surface area (TPSA) is 68.2 Å². The van der Waals surface area contributed by atoms with E-state index >= 15 is 0 Å². The van der Waals surface area contributed by atoms with Crippen molar-refractivity contribution in [1.29, 1.82) is 0 Å². The van der Waals surface area contributed by atoms with Gasteiger partial charge in [-0.15, -0.1) is 0 Å². The maximum Gasteiger partial charge on any atom is 0.418 e. The molecule has 1 aromatic heterocycles. The number of halogens is 4. The smallest absolute Gasteiger partial charge is 0.294 e. The number of hydrogen-bond donors (Lipinski definition) is 1. The molecule has 1 heterocycles. The molecule has 32 heavy (non-hydrogen) atoms. The van der Waals surface area contributed by atoms with Crippen LogP contribution in [-0.4, -0.2) is 13.0 Å². The van der Waals surface area contributed by atoms with Crippen LogP contribution in [0.2, 0.25) is 5.02 Å². The van der Waals surface area contributed by atoms with Gasteiger partial charge in [0.2, 0.25) is 0 Å². The fourth-order valence-corrected chi connectivity index (χ4v) is 5.40. The van der Waals surface area contributed by atoms with Crippen LogP contribution in [0, 0.1) is 0 Å². The van der Waals surface area contributed by atoms with E-state index in [0.29, 0.717) is 15.2 Å².